The molecule has 86 valence electrons. The van der Waals surface area contributed by atoms with E-state index in [1.165, 1.54) is 0 Å². The smallest absolute Gasteiger partial charge is 0.268 e. The van der Waals surface area contributed by atoms with Gasteiger partial charge in [0, 0.05) is 26.5 Å². The highest BCUT2D eigenvalue weighted by Crippen LogP contribution is 2.30. The third-order valence-electron chi connectivity index (χ3n) is 2.91. The fraction of sp³-hybridized carbons (Fsp3) is 0.636. The van der Waals surface area contributed by atoms with E-state index in [0.29, 0.717) is 12.4 Å². The van der Waals surface area contributed by atoms with Gasteiger partial charge in [-0.3, -0.25) is 4.68 Å². The van der Waals surface area contributed by atoms with E-state index < -0.39 is 5.54 Å². The Morgan fingerprint density at radius 2 is 2.44 bits per heavy atom. The maximum absolute atomic E-state index is 7.23. The van der Waals surface area contributed by atoms with Gasteiger partial charge in [-0.05, 0) is 6.42 Å². The number of anilines is 1. The molecule has 0 unspecified atom stereocenters. The maximum Gasteiger partial charge on any atom is 0.268 e. The summed E-state index contributed by atoms with van der Waals surface area (Å²) in [6, 6.07) is 2.00. The van der Waals surface area contributed by atoms with E-state index in [2.05, 4.69) is 9.94 Å². The van der Waals surface area contributed by atoms with E-state index in [0.717, 1.165) is 18.7 Å². The van der Waals surface area contributed by atoms with Gasteiger partial charge < -0.3 is 15.3 Å². The van der Waals surface area contributed by atoms with Crippen LogP contribution in [-0.4, -0.2) is 23.0 Å². The Kier molecular flexibility index (Phi) is 2.60. The van der Waals surface area contributed by atoms with Gasteiger partial charge in [-0.2, -0.15) is 5.10 Å². The number of nitrogens with two attached hydrogens (primary N) is 1. The predicted molar refractivity (Wildman–Crippen MR) is 60.7 cm³/mol. The Bertz CT molecular complexity index is 424. The van der Waals surface area contributed by atoms with Gasteiger partial charge in [-0.1, -0.05) is 0 Å². The fourth-order valence-electron chi connectivity index (χ4n) is 1.92. The van der Waals surface area contributed by atoms with E-state index in [1.807, 2.05) is 18.5 Å². The summed E-state index contributed by atoms with van der Waals surface area (Å²) < 4.78 is 7.20. The molecule has 2 N–H and O–H groups in total. The minimum Gasteiger partial charge on any atom is -0.382 e. The fourth-order valence-corrected chi connectivity index (χ4v) is 1.92. The van der Waals surface area contributed by atoms with Crippen LogP contribution in [0.3, 0.4) is 0 Å². The molecule has 0 bridgehead atoms. The summed E-state index contributed by atoms with van der Waals surface area (Å²) in [5.74, 6) is 0.471. The van der Waals surface area contributed by atoms with Gasteiger partial charge in [0.05, 0.1) is 12.6 Å². The van der Waals surface area contributed by atoms with Gasteiger partial charge >= 0.3 is 0 Å². The Morgan fingerprint density at radius 1 is 1.69 bits per heavy atom. The second-order valence-corrected chi connectivity index (χ2v) is 4.59. The van der Waals surface area contributed by atoms with Gasteiger partial charge in [0.1, 0.15) is 11.5 Å². The molecule has 0 saturated carbocycles. The largest absolute Gasteiger partial charge is 0.382 e. The number of nitrogen functional groups attached to an aromatic ring is 1. The molecule has 0 radical (unpaired) electrons. The van der Waals surface area contributed by atoms with Crippen LogP contribution >= 0.6 is 0 Å². The standard InChI is InChI=1S/C11H16N4O/c1-11(2,13-3)9-6-10(12)14-15(9)8-4-5-16-7-8/h6,8H,4-5,7H2,1-2H3,(H2,12,14)/t8-/m0/s1. The van der Waals surface area contributed by atoms with Crippen LogP contribution in [0.25, 0.3) is 4.85 Å². The highest BCUT2D eigenvalue weighted by atomic mass is 16.5. The zero-order chi connectivity index (χ0) is 11.8. The highest BCUT2D eigenvalue weighted by Gasteiger charge is 2.34. The first-order chi connectivity index (χ1) is 7.54. The molecule has 2 rings (SSSR count). The third kappa shape index (κ3) is 1.76. The molecular weight excluding hydrogens is 204 g/mol. The topological polar surface area (TPSA) is 57.4 Å². The molecule has 1 aromatic rings. The van der Waals surface area contributed by atoms with Crippen molar-refractivity contribution in [3.63, 3.8) is 0 Å². The molecule has 1 aliphatic rings. The zero-order valence-electron chi connectivity index (χ0n) is 9.60. The molecule has 5 heteroatoms. The normalized spacial score (nSPS) is 20.9. The van der Waals surface area contributed by atoms with E-state index >= 15 is 0 Å². The van der Waals surface area contributed by atoms with E-state index in [4.69, 9.17) is 17.0 Å². The summed E-state index contributed by atoms with van der Waals surface area (Å²) in [6.45, 7) is 12.4. The average molecular weight is 220 g/mol. The molecule has 5 nitrogen and oxygen atoms in total. The molecule has 0 spiro atoms. The van der Waals surface area contributed by atoms with Crippen LogP contribution in [0.15, 0.2) is 6.07 Å². The van der Waals surface area contributed by atoms with Crippen LogP contribution < -0.4 is 5.73 Å². The third-order valence-corrected chi connectivity index (χ3v) is 2.91. The molecule has 0 amide bonds. The molecule has 2 heterocycles. The first kappa shape index (κ1) is 11.0. The Hall–Kier alpha value is -1.54. The van der Waals surface area contributed by atoms with Crippen LogP contribution in [0.5, 0.6) is 0 Å². The van der Waals surface area contributed by atoms with Crippen molar-refractivity contribution < 1.29 is 4.74 Å². The maximum atomic E-state index is 7.23. The summed E-state index contributed by atoms with van der Waals surface area (Å²) in [7, 11) is 0. The quantitative estimate of drug-likeness (QED) is 0.770. The first-order valence-corrected chi connectivity index (χ1v) is 5.36. The molecule has 1 saturated heterocycles. The van der Waals surface area contributed by atoms with Gasteiger partial charge in [0.2, 0.25) is 0 Å². The van der Waals surface area contributed by atoms with Crippen LogP contribution in [0.4, 0.5) is 5.82 Å². The lowest BCUT2D eigenvalue weighted by atomic mass is 10.0. The van der Waals surface area contributed by atoms with E-state index in [9.17, 15) is 0 Å². The molecule has 0 aromatic carbocycles. The van der Waals surface area contributed by atoms with Gasteiger partial charge in [0.25, 0.3) is 5.54 Å². The van der Waals surface area contributed by atoms with Crippen molar-refractivity contribution in [3.05, 3.63) is 23.2 Å². The second kappa shape index (κ2) is 3.80. The number of hydrogen-bond donors (Lipinski definition) is 1. The number of ether oxygens (including phenoxy) is 1. The van der Waals surface area contributed by atoms with Crippen LogP contribution in [0.1, 0.15) is 32.0 Å². The predicted octanol–water partition coefficient (Wildman–Crippen LogP) is 1.58. The van der Waals surface area contributed by atoms with Crippen molar-refractivity contribution in [2.24, 2.45) is 0 Å². The molecule has 1 aliphatic heterocycles. The summed E-state index contributed by atoms with van der Waals surface area (Å²) in [4.78, 5) is 3.63. The number of hydrogen-bond acceptors (Lipinski definition) is 3. The lowest BCUT2D eigenvalue weighted by molar-refractivity contribution is 0.183. The summed E-state index contributed by atoms with van der Waals surface area (Å²) in [6.07, 6.45) is 0.933. The SMILES string of the molecule is [C-]#[N+]C(C)(C)c1cc(N)nn1[C@H]1CCOC1. The van der Waals surface area contributed by atoms with Crippen LogP contribution in [0, 0.1) is 6.57 Å². The average Bonchev–Trinajstić information content (AvgIpc) is 2.85. The minimum atomic E-state index is -0.590. The molecule has 1 aromatic heterocycles. The Balaban J connectivity index is 2.41. The molecular formula is C11H16N4O. The monoisotopic (exact) mass is 220 g/mol. The number of nitrogens with zero attached hydrogens (tertiary/aromatic N) is 3. The first-order valence-electron chi connectivity index (χ1n) is 5.36. The Labute approximate surface area is 95.0 Å². The molecule has 0 aliphatic carbocycles. The van der Waals surface area contributed by atoms with Gasteiger partial charge in [0.15, 0.2) is 0 Å². The van der Waals surface area contributed by atoms with Crippen molar-refractivity contribution in [3.8, 4) is 0 Å². The van der Waals surface area contributed by atoms with Gasteiger partial charge in [-0.15, -0.1) is 0 Å². The second-order valence-electron chi connectivity index (χ2n) is 4.59. The van der Waals surface area contributed by atoms with Crippen molar-refractivity contribution in [2.75, 3.05) is 18.9 Å². The van der Waals surface area contributed by atoms with Crippen molar-refractivity contribution in [1.82, 2.24) is 9.78 Å². The number of rotatable bonds is 2. The van der Waals surface area contributed by atoms with Crippen molar-refractivity contribution >= 4 is 5.82 Å². The van der Waals surface area contributed by atoms with Crippen LogP contribution in [-0.2, 0) is 10.3 Å². The number of aromatic nitrogens is 2. The minimum absolute atomic E-state index is 0.216. The summed E-state index contributed by atoms with van der Waals surface area (Å²) >= 11 is 0. The molecule has 16 heavy (non-hydrogen) atoms. The lowest BCUT2D eigenvalue weighted by Crippen LogP contribution is -2.22. The van der Waals surface area contributed by atoms with Gasteiger partial charge in [-0.25, -0.2) is 6.57 Å². The van der Waals surface area contributed by atoms with Crippen molar-refractivity contribution in [1.29, 1.82) is 0 Å². The summed E-state index contributed by atoms with van der Waals surface area (Å²) in [5, 5.41) is 4.28. The van der Waals surface area contributed by atoms with E-state index in [-0.39, 0.29) is 6.04 Å². The molecule has 1 atom stereocenters. The highest BCUT2D eigenvalue weighted by molar-refractivity contribution is 5.34. The Morgan fingerprint density at radius 3 is 3.00 bits per heavy atom. The van der Waals surface area contributed by atoms with E-state index in [1.54, 1.807) is 6.07 Å². The summed E-state index contributed by atoms with van der Waals surface area (Å²) in [5.41, 5.74) is 6.00. The van der Waals surface area contributed by atoms with Crippen LogP contribution in [0.2, 0.25) is 0 Å². The van der Waals surface area contributed by atoms with Crippen molar-refractivity contribution in [2.45, 2.75) is 31.8 Å². The zero-order valence-corrected chi connectivity index (χ0v) is 9.60. The molecule has 1 fully saturated rings. The lowest BCUT2D eigenvalue weighted by Gasteiger charge is -2.17.